The fourth-order valence-electron chi connectivity index (χ4n) is 1.05. The number of carbonyl (C=O) groups is 2. The lowest BCUT2D eigenvalue weighted by atomic mass is 10.4. The molecular formula is C7H5ClN2O2S2. The Morgan fingerprint density at radius 3 is 2.86 bits per heavy atom. The molecule has 0 saturated carbocycles. The first-order valence-corrected chi connectivity index (χ1v) is 5.98. The highest BCUT2D eigenvalue weighted by Gasteiger charge is 2.30. The number of imide groups is 1. The topological polar surface area (TPSA) is 50.3 Å². The van der Waals surface area contributed by atoms with Crippen LogP contribution in [0.15, 0.2) is 5.38 Å². The predicted octanol–water partition coefficient (Wildman–Crippen LogP) is 1.99. The molecule has 1 aromatic heterocycles. The van der Waals surface area contributed by atoms with E-state index in [0.717, 1.165) is 11.8 Å². The molecule has 0 aliphatic carbocycles. The molecule has 0 unspecified atom stereocenters. The first-order chi connectivity index (χ1) is 6.66. The Labute approximate surface area is 93.3 Å². The Morgan fingerprint density at radius 2 is 2.36 bits per heavy atom. The maximum absolute atomic E-state index is 11.2. The minimum absolute atomic E-state index is 0.163. The molecule has 1 saturated heterocycles. The zero-order chi connectivity index (χ0) is 10.1. The third-order valence-corrected chi connectivity index (χ3v) is 3.57. The van der Waals surface area contributed by atoms with Gasteiger partial charge in [-0.3, -0.25) is 14.5 Å². The second-order valence-electron chi connectivity index (χ2n) is 2.63. The number of carbonyl (C=O) groups excluding carboxylic acids is 2. The smallest absolute Gasteiger partial charge is 0.273 e. The third-order valence-electron chi connectivity index (χ3n) is 1.68. The van der Waals surface area contributed by atoms with E-state index in [4.69, 9.17) is 11.6 Å². The predicted molar refractivity (Wildman–Crippen MR) is 55.5 cm³/mol. The first-order valence-electron chi connectivity index (χ1n) is 3.74. The molecule has 1 fully saturated rings. The fraction of sp³-hybridized carbons (Fsp3) is 0.286. The Bertz CT molecular complexity index is 377. The van der Waals surface area contributed by atoms with Crippen molar-refractivity contribution in [2.45, 2.75) is 6.54 Å². The number of aromatic nitrogens is 1. The van der Waals surface area contributed by atoms with E-state index in [0.29, 0.717) is 10.2 Å². The summed E-state index contributed by atoms with van der Waals surface area (Å²) in [6.07, 6.45) is 0. The fourth-order valence-corrected chi connectivity index (χ4v) is 2.55. The molecule has 14 heavy (non-hydrogen) atoms. The maximum atomic E-state index is 11.2. The molecule has 0 bridgehead atoms. The summed E-state index contributed by atoms with van der Waals surface area (Å²) in [6.45, 7) is 0.230. The summed E-state index contributed by atoms with van der Waals surface area (Å²) >= 11 is 7.94. The van der Waals surface area contributed by atoms with E-state index in [2.05, 4.69) is 4.98 Å². The van der Waals surface area contributed by atoms with Crippen LogP contribution in [-0.4, -0.2) is 26.8 Å². The SMILES string of the molecule is O=C1CSC(=O)N1Cc1csc(Cl)n1. The van der Waals surface area contributed by atoms with E-state index in [1.165, 1.54) is 16.2 Å². The molecule has 0 spiro atoms. The van der Waals surface area contributed by atoms with Gasteiger partial charge in [0.25, 0.3) is 5.24 Å². The first kappa shape index (κ1) is 9.95. The van der Waals surface area contributed by atoms with Crippen LogP contribution in [0.1, 0.15) is 5.69 Å². The lowest BCUT2D eigenvalue weighted by molar-refractivity contribution is -0.125. The van der Waals surface area contributed by atoms with Crippen molar-refractivity contribution in [2.24, 2.45) is 0 Å². The highest BCUT2D eigenvalue weighted by atomic mass is 35.5. The number of rotatable bonds is 2. The normalized spacial score (nSPS) is 16.8. The monoisotopic (exact) mass is 248 g/mol. The Morgan fingerprint density at radius 1 is 1.57 bits per heavy atom. The Balaban J connectivity index is 2.10. The van der Waals surface area contributed by atoms with Gasteiger partial charge < -0.3 is 0 Å². The standard InChI is InChI=1S/C7H5ClN2O2S2/c8-6-9-4(2-13-6)1-10-5(11)3-14-7(10)12/h2H,1,3H2. The van der Waals surface area contributed by atoms with Gasteiger partial charge in [-0.25, -0.2) is 4.98 Å². The molecule has 1 aromatic rings. The zero-order valence-electron chi connectivity index (χ0n) is 6.90. The largest absolute Gasteiger partial charge is 0.289 e. The van der Waals surface area contributed by atoms with E-state index < -0.39 is 0 Å². The van der Waals surface area contributed by atoms with Gasteiger partial charge in [-0.15, -0.1) is 11.3 Å². The highest BCUT2D eigenvalue weighted by Crippen LogP contribution is 2.22. The van der Waals surface area contributed by atoms with Gasteiger partial charge in [0.15, 0.2) is 4.47 Å². The average molecular weight is 249 g/mol. The molecule has 0 aromatic carbocycles. The van der Waals surface area contributed by atoms with Crippen molar-refractivity contribution in [3.8, 4) is 0 Å². The Kier molecular flexibility index (Phi) is 2.76. The van der Waals surface area contributed by atoms with E-state index in [1.807, 2.05) is 0 Å². The second kappa shape index (κ2) is 3.88. The number of halogens is 1. The minimum atomic E-state index is -0.209. The molecule has 7 heteroatoms. The van der Waals surface area contributed by atoms with E-state index in [1.54, 1.807) is 5.38 Å². The van der Waals surface area contributed by atoms with Crippen molar-refractivity contribution in [1.29, 1.82) is 0 Å². The molecule has 74 valence electrons. The molecule has 2 rings (SSSR count). The van der Waals surface area contributed by atoms with Crippen LogP contribution in [0.4, 0.5) is 4.79 Å². The van der Waals surface area contributed by atoms with E-state index >= 15 is 0 Å². The molecule has 1 aliphatic rings. The molecule has 0 N–H and O–H groups in total. The number of thioether (sulfide) groups is 1. The summed E-state index contributed by atoms with van der Waals surface area (Å²) in [4.78, 5) is 27.6. The molecule has 1 aliphatic heterocycles. The summed E-state index contributed by atoms with van der Waals surface area (Å²) in [5.41, 5.74) is 0.657. The van der Waals surface area contributed by atoms with Gasteiger partial charge in [-0.2, -0.15) is 0 Å². The van der Waals surface area contributed by atoms with Gasteiger partial charge in [0, 0.05) is 5.38 Å². The molecule has 2 amide bonds. The van der Waals surface area contributed by atoms with Gasteiger partial charge in [0.05, 0.1) is 18.0 Å². The molecule has 4 nitrogen and oxygen atoms in total. The second-order valence-corrected chi connectivity index (χ2v) is 4.99. The quantitative estimate of drug-likeness (QED) is 0.803. The van der Waals surface area contributed by atoms with Crippen molar-refractivity contribution < 1.29 is 9.59 Å². The maximum Gasteiger partial charge on any atom is 0.289 e. The molecular weight excluding hydrogens is 244 g/mol. The Hall–Kier alpha value is -0.590. The van der Waals surface area contributed by atoms with Crippen LogP contribution in [-0.2, 0) is 11.3 Å². The van der Waals surface area contributed by atoms with Crippen molar-refractivity contribution in [3.05, 3.63) is 15.5 Å². The lowest BCUT2D eigenvalue weighted by Crippen LogP contribution is -2.27. The molecule has 0 radical (unpaired) electrons. The summed E-state index contributed by atoms with van der Waals surface area (Å²) in [7, 11) is 0. The van der Waals surface area contributed by atoms with Crippen LogP contribution in [0.3, 0.4) is 0 Å². The van der Waals surface area contributed by atoms with Gasteiger partial charge in [0.2, 0.25) is 5.91 Å². The number of thiazole rings is 1. The highest BCUT2D eigenvalue weighted by molar-refractivity contribution is 8.14. The van der Waals surface area contributed by atoms with E-state index in [9.17, 15) is 9.59 Å². The number of nitrogens with zero attached hydrogens (tertiary/aromatic N) is 2. The summed E-state index contributed by atoms with van der Waals surface area (Å²) < 4.78 is 0.423. The molecule has 2 heterocycles. The van der Waals surface area contributed by atoms with Crippen molar-refractivity contribution >= 4 is 45.8 Å². The average Bonchev–Trinajstić information content (AvgIpc) is 2.67. The van der Waals surface area contributed by atoms with Crippen molar-refractivity contribution in [3.63, 3.8) is 0 Å². The van der Waals surface area contributed by atoms with Crippen LogP contribution in [0.5, 0.6) is 0 Å². The summed E-state index contributed by atoms with van der Waals surface area (Å²) in [5, 5.41) is 1.53. The summed E-state index contributed by atoms with van der Waals surface area (Å²) in [5.74, 6) is 0.0700. The van der Waals surface area contributed by atoms with Gasteiger partial charge >= 0.3 is 0 Å². The lowest BCUT2D eigenvalue weighted by Gasteiger charge is -2.09. The minimum Gasteiger partial charge on any atom is -0.273 e. The molecule has 0 atom stereocenters. The van der Waals surface area contributed by atoms with Crippen LogP contribution >= 0.6 is 34.7 Å². The van der Waals surface area contributed by atoms with Crippen LogP contribution < -0.4 is 0 Å². The van der Waals surface area contributed by atoms with Crippen LogP contribution in [0, 0.1) is 0 Å². The summed E-state index contributed by atoms with van der Waals surface area (Å²) in [6, 6.07) is 0. The van der Waals surface area contributed by atoms with Crippen LogP contribution in [0.25, 0.3) is 0 Å². The van der Waals surface area contributed by atoms with Gasteiger partial charge in [-0.05, 0) is 0 Å². The number of hydrogen-bond acceptors (Lipinski definition) is 5. The van der Waals surface area contributed by atoms with Gasteiger partial charge in [-0.1, -0.05) is 23.4 Å². The van der Waals surface area contributed by atoms with Crippen molar-refractivity contribution in [1.82, 2.24) is 9.88 Å². The third kappa shape index (κ3) is 1.92. The number of hydrogen-bond donors (Lipinski definition) is 0. The van der Waals surface area contributed by atoms with Crippen LogP contribution in [0.2, 0.25) is 4.47 Å². The number of amides is 2. The zero-order valence-corrected chi connectivity index (χ0v) is 9.29. The van der Waals surface area contributed by atoms with Gasteiger partial charge in [0.1, 0.15) is 0 Å². The van der Waals surface area contributed by atoms with Crippen molar-refractivity contribution in [2.75, 3.05) is 5.75 Å². The van der Waals surface area contributed by atoms with E-state index in [-0.39, 0.29) is 23.4 Å².